The van der Waals surface area contributed by atoms with Crippen molar-refractivity contribution in [2.75, 3.05) is 42.9 Å². The molecule has 6 heteroatoms. The number of amides is 1. The lowest BCUT2D eigenvalue weighted by atomic mass is 10.2. The van der Waals surface area contributed by atoms with Crippen LogP contribution in [0.25, 0.3) is 0 Å². The Hall–Kier alpha value is -2.63. The molecule has 0 bridgehead atoms. The van der Waals surface area contributed by atoms with E-state index >= 15 is 0 Å². The number of hydrogen-bond donors (Lipinski definition) is 1. The van der Waals surface area contributed by atoms with Gasteiger partial charge in [-0.15, -0.1) is 0 Å². The number of benzene rings is 1. The summed E-state index contributed by atoms with van der Waals surface area (Å²) in [5.74, 6) is 1.35. The summed E-state index contributed by atoms with van der Waals surface area (Å²) >= 11 is 0. The van der Waals surface area contributed by atoms with Crippen LogP contribution in [-0.2, 0) is 0 Å². The summed E-state index contributed by atoms with van der Waals surface area (Å²) in [6, 6.07) is 10.3. The molecule has 1 aromatic carbocycles. The maximum Gasteiger partial charge on any atom is 0.272 e. The smallest absolute Gasteiger partial charge is 0.272 e. The molecule has 1 saturated heterocycles. The Morgan fingerprint density at radius 2 is 1.89 bits per heavy atom. The second-order valence-corrected chi connectivity index (χ2v) is 7.08. The second kappa shape index (κ2) is 8.84. The number of carbonyl (C=O) groups is 1. The van der Waals surface area contributed by atoms with Gasteiger partial charge in [-0.25, -0.2) is 9.97 Å². The third-order valence-electron chi connectivity index (χ3n) is 4.83. The van der Waals surface area contributed by atoms with E-state index in [1.165, 1.54) is 11.3 Å². The highest BCUT2D eigenvalue weighted by Gasteiger charge is 2.24. The number of hydrogen-bond acceptors (Lipinski definition) is 5. The zero-order chi connectivity index (χ0) is 19.2. The molecular formula is C21H29N5O. The summed E-state index contributed by atoms with van der Waals surface area (Å²) in [6.45, 7) is 10.0. The van der Waals surface area contributed by atoms with E-state index in [2.05, 4.69) is 58.3 Å². The standard InChI is InChI=1S/C21H29N5O/c1-4-5-9-22-20-15-19(23-17(3)24-20)21(27)26-12-10-25(11-13-26)18-8-6-7-16(2)14-18/h6-8,14-15H,4-5,9-13H2,1-3H3,(H,22,23,24). The first-order valence-corrected chi connectivity index (χ1v) is 9.77. The number of unbranched alkanes of at least 4 members (excludes halogenated alkanes) is 1. The Morgan fingerprint density at radius 1 is 1.11 bits per heavy atom. The predicted molar refractivity (Wildman–Crippen MR) is 109 cm³/mol. The first-order valence-electron chi connectivity index (χ1n) is 9.77. The van der Waals surface area contributed by atoms with Gasteiger partial charge in [0.1, 0.15) is 17.3 Å². The van der Waals surface area contributed by atoms with Crippen molar-refractivity contribution < 1.29 is 4.79 Å². The normalized spacial score (nSPS) is 14.3. The van der Waals surface area contributed by atoms with Crippen LogP contribution < -0.4 is 10.2 Å². The SMILES string of the molecule is CCCCNc1cc(C(=O)N2CCN(c3cccc(C)c3)CC2)nc(C)n1. The maximum absolute atomic E-state index is 12.9. The van der Waals surface area contributed by atoms with Crippen LogP contribution in [-0.4, -0.2) is 53.5 Å². The van der Waals surface area contributed by atoms with Gasteiger partial charge in [0.2, 0.25) is 0 Å². The van der Waals surface area contributed by atoms with Gasteiger partial charge < -0.3 is 15.1 Å². The number of aromatic nitrogens is 2. The van der Waals surface area contributed by atoms with Crippen molar-refractivity contribution in [2.24, 2.45) is 0 Å². The Kier molecular flexibility index (Phi) is 6.27. The molecule has 1 amide bonds. The van der Waals surface area contributed by atoms with Crippen LogP contribution in [0.5, 0.6) is 0 Å². The molecule has 0 atom stereocenters. The van der Waals surface area contributed by atoms with E-state index in [0.29, 0.717) is 24.6 Å². The molecule has 0 unspecified atom stereocenters. The molecule has 1 fully saturated rings. The highest BCUT2D eigenvalue weighted by molar-refractivity contribution is 5.93. The van der Waals surface area contributed by atoms with Crippen LogP contribution in [0, 0.1) is 13.8 Å². The quantitative estimate of drug-likeness (QED) is 0.794. The number of nitrogens with zero attached hydrogens (tertiary/aromatic N) is 4. The number of piperazine rings is 1. The van der Waals surface area contributed by atoms with Crippen LogP contribution in [0.2, 0.25) is 0 Å². The summed E-state index contributed by atoms with van der Waals surface area (Å²) < 4.78 is 0. The van der Waals surface area contributed by atoms with Gasteiger partial charge >= 0.3 is 0 Å². The zero-order valence-electron chi connectivity index (χ0n) is 16.5. The molecule has 1 N–H and O–H groups in total. The van der Waals surface area contributed by atoms with Crippen molar-refractivity contribution >= 4 is 17.4 Å². The average Bonchev–Trinajstić information content (AvgIpc) is 2.67. The number of anilines is 2. The van der Waals surface area contributed by atoms with E-state index in [4.69, 9.17) is 0 Å². The van der Waals surface area contributed by atoms with Crippen molar-refractivity contribution in [1.29, 1.82) is 0 Å². The van der Waals surface area contributed by atoms with E-state index in [-0.39, 0.29) is 5.91 Å². The predicted octanol–water partition coefficient (Wildman–Crippen LogP) is 3.27. The van der Waals surface area contributed by atoms with E-state index in [1.807, 2.05) is 11.8 Å². The molecule has 27 heavy (non-hydrogen) atoms. The van der Waals surface area contributed by atoms with Crippen LogP contribution in [0.1, 0.15) is 41.6 Å². The van der Waals surface area contributed by atoms with Gasteiger partial charge in [-0.05, 0) is 38.0 Å². The van der Waals surface area contributed by atoms with Crippen molar-refractivity contribution in [2.45, 2.75) is 33.6 Å². The molecule has 1 aliphatic heterocycles. The average molecular weight is 367 g/mol. The lowest BCUT2D eigenvalue weighted by Crippen LogP contribution is -2.49. The monoisotopic (exact) mass is 367 g/mol. The van der Waals surface area contributed by atoms with E-state index in [1.54, 1.807) is 6.07 Å². The minimum atomic E-state index is -0.0112. The Bertz CT molecular complexity index is 784. The minimum absolute atomic E-state index is 0.0112. The molecule has 2 heterocycles. The molecule has 0 saturated carbocycles. The molecule has 1 aliphatic rings. The lowest BCUT2D eigenvalue weighted by Gasteiger charge is -2.36. The molecule has 1 aromatic heterocycles. The van der Waals surface area contributed by atoms with E-state index in [9.17, 15) is 4.79 Å². The molecular weight excluding hydrogens is 338 g/mol. The molecule has 0 spiro atoms. The Balaban J connectivity index is 1.63. The van der Waals surface area contributed by atoms with Crippen LogP contribution in [0.4, 0.5) is 11.5 Å². The first kappa shape index (κ1) is 19.1. The molecule has 6 nitrogen and oxygen atoms in total. The van der Waals surface area contributed by atoms with E-state index in [0.717, 1.165) is 38.3 Å². The van der Waals surface area contributed by atoms with Gasteiger partial charge in [0.05, 0.1) is 0 Å². The van der Waals surface area contributed by atoms with Crippen LogP contribution in [0.3, 0.4) is 0 Å². The van der Waals surface area contributed by atoms with Crippen LogP contribution >= 0.6 is 0 Å². The highest BCUT2D eigenvalue weighted by Crippen LogP contribution is 2.19. The zero-order valence-corrected chi connectivity index (χ0v) is 16.5. The van der Waals surface area contributed by atoms with Crippen molar-refractivity contribution in [3.8, 4) is 0 Å². The molecule has 0 aliphatic carbocycles. The first-order chi connectivity index (χ1) is 13.1. The third kappa shape index (κ3) is 4.96. The summed E-state index contributed by atoms with van der Waals surface area (Å²) in [6.07, 6.45) is 2.20. The van der Waals surface area contributed by atoms with E-state index < -0.39 is 0 Å². The van der Waals surface area contributed by atoms with Crippen molar-refractivity contribution in [3.63, 3.8) is 0 Å². The van der Waals surface area contributed by atoms with Crippen LogP contribution in [0.15, 0.2) is 30.3 Å². The fourth-order valence-corrected chi connectivity index (χ4v) is 3.32. The maximum atomic E-state index is 12.9. The number of rotatable bonds is 6. The fourth-order valence-electron chi connectivity index (χ4n) is 3.32. The van der Waals surface area contributed by atoms with Gasteiger partial charge in [0.25, 0.3) is 5.91 Å². The van der Waals surface area contributed by atoms with Gasteiger partial charge in [0.15, 0.2) is 0 Å². The summed E-state index contributed by atoms with van der Waals surface area (Å²) in [4.78, 5) is 25.9. The van der Waals surface area contributed by atoms with Crippen molar-refractivity contribution in [1.82, 2.24) is 14.9 Å². The molecule has 0 radical (unpaired) electrons. The minimum Gasteiger partial charge on any atom is -0.370 e. The van der Waals surface area contributed by atoms with Crippen molar-refractivity contribution in [3.05, 3.63) is 47.4 Å². The summed E-state index contributed by atoms with van der Waals surface area (Å²) in [5.41, 5.74) is 2.96. The highest BCUT2D eigenvalue weighted by atomic mass is 16.2. The third-order valence-corrected chi connectivity index (χ3v) is 4.83. The van der Waals surface area contributed by atoms with Gasteiger partial charge in [-0.2, -0.15) is 0 Å². The lowest BCUT2D eigenvalue weighted by molar-refractivity contribution is 0.0740. The summed E-state index contributed by atoms with van der Waals surface area (Å²) in [5, 5.41) is 3.29. The van der Waals surface area contributed by atoms with Gasteiger partial charge in [0, 0.05) is 44.5 Å². The fraction of sp³-hybridized carbons (Fsp3) is 0.476. The summed E-state index contributed by atoms with van der Waals surface area (Å²) in [7, 11) is 0. The Labute approximate surface area is 161 Å². The Morgan fingerprint density at radius 3 is 2.59 bits per heavy atom. The second-order valence-electron chi connectivity index (χ2n) is 7.08. The molecule has 144 valence electrons. The topological polar surface area (TPSA) is 61.4 Å². The van der Waals surface area contributed by atoms with Gasteiger partial charge in [-0.1, -0.05) is 25.5 Å². The number of aryl methyl sites for hydroxylation is 2. The number of carbonyl (C=O) groups excluding carboxylic acids is 1. The number of nitrogens with one attached hydrogen (secondary N) is 1. The molecule has 3 rings (SSSR count). The largest absolute Gasteiger partial charge is 0.370 e. The molecule has 2 aromatic rings. The van der Waals surface area contributed by atoms with Gasteiger partial charge in [-0.3, -0.25) is 4.79 Å².